The van der Waals surface area contributed by atoms with Gasteiger partial charge in [-0.05, 0) is 37.4 Å². The molecule has 2 rings (SSSR count). The Morgan fingerprint density at radius 2 is 2.44 bits per heavy atom. The van der Waals surface area contributed by atoms with Crippen LogP contribution in [0.2, 0.25) is 0 Å². The molecule has 1 fully saturated rings. The van der Waals surface area contributed by atoms with Gasteiger partial charge < -0.3 is 15.5 Å². The average molecular weight is 266 g/mol. The Morgan fingerprint density at radius 1 is 1.56 bits per heavy atom. The molecule has 1 unspecified atom stereocenters. The zero-order valence-corrected chi connectivity index (χ0v) is 12.0. The van der Waals surface area contributed by atoms with E-state index in [4.69, 9.17) is 0 Å². The van der Waals surface area contributed by atoms with Gasteiger partial charge in [0.15, 0.2) is 5.96 Å². The molecule has 2 heterocycles. The normalized spacial score (nSPS) is 21.2. The Morgan fingerprint density at radius 3 is 3.06 bits per heavy atom. The van der Waals surface area contributed by atoms with E-state index in [-0.39, 0.29) is 0 Å². The third-order valence-corrected chi connectivity index (χ3v) is 4.16. The van der Waals surface area contributed by atoms with Crippen molar-refractivity contribution in [2.75, 3.05) is 33.7 Å². The quantitative estimate of drug-likeness (QED) is 0.638. The second-order valence-electron chi connectivity index (χ2n) is 4.80. The maximum atomic E-state index is 4.25. The van der Waals surface area contributed by atoms with E-state index < -0.39 is 0 Å². The molecule has 100 valence electrons. The SMILES string of the molecule is CN=C(NCc1cccs1)NCC1CCN(C)C1. The number of aliphatic imine (C=N–C) groups is 1. The van der Waals surface area contributed by atoms with Crippen LogP contribution in [0.1, 0.15) is 11.3 Å². The van der Waals surface area contributed by atoms with Crippen LogP contribution in [-0.4, -0.2) is 44.6 Å². The second kappa shape index (κ2) is 6.75. The molecule has 4 nitrogen and oxygen atoms in total. The van der Waals surface area contributed by atoms with Gasteiger partial charge in [0, 0.05) is 25.0 Å². The van der Waals surface area contributed by atoms with Crippen molar-refractivity contribution in [1.29, 1.82) is 0 Å². The van der Waals surface area contributed by atoms with Crippen molar-refractivity contribution in [3.8, 4) is 0 Å². The first-order valence-corrected chi connectivity index (χ1v) is 7.31. The zero-order valence-electron chi connectivity index (χ0n) is 11.1. The van der Waals surface area contributed by atoms with Crippen LogP contribution in [0.5, 0.6) is 0 Å². The molecule has 1 aromatic rings. The van der Waals surface area contributed by atoms with Gasteiger partial charge in [-0.2, -0.15) is 0 Å². The van der Waals surface area contributed by atoms with Gasteiger partial charge >= 0.3 is 0 Å². The van der Waals surface area contributed by atoms with E-state index in [1.165, 1.54) is 24.4 Å². The first kappa shape index (κ1) is 13.4. The summed E-state index contributed by atoms with van der Waals surface area (Å²) in [5, 5.41) is 8.85. The van der Waals surface area contributed by atoms with Crippen LogP contribution in [-0.2, 0) is 6.54 Å². The summed E-state index contributed by atoms with van der Waals surface area (Å²) in [6.07, 6.45) is 1.28. The highest BCUT2D eigenvalue weighted by atomic mass is 32.1. The number of thiophene rings is 1. The Kier molecular flexibility index (Phi) is 5.01. The highest BCUT2D eigenvalue weighted by molar-refractivity contribution is 7.09. The van der Waals surface area contributed by atoms with Crippen LogP contribution in [0.25, 0.3) is 0 Å². The number of hydrogen-bond donors (Lipinski definition) is 2. The first-order valence-electron chi connectivity index (χ1n) is 6.43. The minimum Gasteiger partial charge on any atom is -0.356 e. The molecule has 1 aliphatic heterocycles. The molecule has 5 heteroatoms. The van der Waals surface area contributed by atoms with Gasteiger partial charge in [-0.3, -0.25) is 4.99 Å². The maximum absolute atomic E-state index is 4.25. The van der Waals surface area contributed by atoms with Crippen molar-refractivity contribution in [2.24, 2.45) is 10.9 Å². The number of hydrogen-bond acceptors (Lipinski definition) is 3. The van der Waals surface area contributed by atoms with E-state index in [2.05, 4.69) is 45.1 Å². The molecule has 0 bridgehead atoms. The van der Waals surface area contributed by atoms with Gasteiger partial charge in [0.2, 0.25) is 0 Å². The number of rotatable bonds is 4. The molecule has 0 saturated carbocycles. The molecule has 0 spiro atoms. The monoisotopic (exact) mass is 266 g/mol. The molecule has 2 N–H and O–H groups in total. The Hall–Kier alpha value is -1.07. The fourth-order valence-corrected chi connectivity index (χ4v) is 2.88. The van der Waals surface area contributed by atoms with Gasteiger partial charge in [-0.1, -0.05) is 6.07 Å². The lowest BCUT2D eigenvalue weighted by molar-refractivity contribution is 0.394. The van der Waals surface area contributed by atoms with E-state index in [0.717, 1.165) is 25.0 Å². The summed E-state index contributed by atoms with van der Waals surface area (Å²) in [6.45, 7) is 4.26. The van der Waals surface area contributed by atoms with Crippen molar-refractivity contribution in [3.63, 3.8) is 0 Å². The highest BCUT2D eigenvalue weighted by Gasteiger charge is 2.19. The minimum absolute atomic E-state index is 0.746. The molecule has 1 saturated heterocycles. The summed E-state index contributed by atoms with van der Waals surface area (Å²) >= 11 is 1.77. The van der Waals surface area contributed by atoms with Crippen LogP contribution >= 0.6 is 11.3 Å². The third kappa shape index (κ3) is 3.99. The molecule has 0 aliphatic carbocycles. The topological polar surface area (TPSA) is 39.7 Å². The standard InChI is InChI=1S/C13H22N4S/c1-14-13(16-9-12-4-3-7-18-12)15-8-11-5-6-17(2)10-11/h3-4,7,11H,5-6,8-10H2,1-2H3,(H2,14,15,16). The van der Waals surface area contributed by atoms with Gasteiger partial charge in [0.1, 0.15) is 0 Å². The predicted octanol–water partition coefficient (Wildman–Crippen LogP) is 1.36. The molecular formula is C13H22N4S. The van der Waals surface area contributed by atoms with Crippen LogP contribution in [0.15, 0.2) is 22.5 Å². The predicted molar refractivity (Wildman–Crippen MR) is 78.1 cm³/mol. The molecule has 0 radical (unpaired) electrons. The fraction of sp³-hybridized carbons (Fsp3) is 0.615. The summed E-state index contributed by atoms with van der Waals surface area (Å²) in [5.41, 5.74) is 0. The van der Waals surface area contributed by atoms with Crippen LogP contribution in [0.3, 0.4) is 0 Å². The van der Waals surface area contributed by atoms with E-state index in [1.807, 2.05) is 7.05 Å². The number of likely N-dealkylation sites (tertiary alicyclic amines) is 1. The summed E-state index contributed by atoms with van der Waals surface area (Å²) in [4.78, 5) is 7.97. The summed E-state index contributed by atoms with van der Waals surface area (Å²) in [7, 11) is 4.01. The molecule has 1 aliphatic rings. The van der Waals surface area contributed by atoms with E-state index in [1.54, 1.807) is 11.3 Å². The van der Waals surface area contributed by atoms with E-state index >= 15 is 0 Å². The Labute approximate surface area is 113 Å². The fourth-order valence-electron chi connectivity index (χ4n) is 2.24. The smallest absolute Gasteiger partial charge is 0.191 e. The minimum atomic E-state index is 0.746. The second-order valence-corrected chi connectivity index (χ2v) is 5.84. The lowest BCUT2D eigenvalue weighted by Gasteiger charge is -2.15. The van der Waals surface area contributed by atoms with Gasteiger partial charge in [-0.15, -0.1) is 11.3 Å². The maximum Gasteiger partial charge on any atom is 0.191 e. The van der Waals surface area contributed by atoms with Gasteiger partial charge in [0.25, 0.3) is 0 Å². The van der Waals surface area contributed by atoms with E-state index in [9.17, 15) is 0 Å². The Balaban J connectivity index is 1.69. The highest BCUT2D eigenvalue weighted by Crippen LogP contribution is 2.12. The molecular weight excluding hydrogens is 244 g/mol. The van der Waals surface area contributed by atoms with Crippen molar-refractivity contribution in [2.45, 2.75) is 13.0 Å². The van der Waals surface area contributed by atoms with Crippen LogP contribution < -0.4 is 10.6 Å². The van der Waals surface area contributed by atoms with Crippen LogP contribution in [0, 0.1) is 5.92 Å². The summed E-state index contributed by atoms with van der Waals surface area (Å²) in [6, 6.07) is 4.21. The van der Waals surface area contributed by atoms with Crippen molar-refractivity contribution in [3.05, 3.63) is 22.4 Å². The zero-order chi connectivity index (χ0) is 12.8. The van der Waals surface area contributed by atoms with Crippen molar-refractivity contribution >= 4 is 17.3 Å². The number of guanidine groups is 1. The lowest BCUT2D eigenvalue weighted by atomic mass is 10.1. The third-order valence-electron chi connectivity index (χ3n) is 3.28. The molecule has 0 aromatic carbocycles. The molecule has 1 atom stereocenters. The average Bonchev–Trinajstić information content (AvgIpc) is 3.01. The van der Waals surface area contributed by atoms with Gasteiger partial charge in [-0.25, -0.2) is 0 Å². The van der Waals surface area contributed by atoms with Crippen molar-refractivity contribution < 1.29 is 0 Å². The summed E-state index contributed by atoms with van der Waals surface area (Å²) < 4.78 is 0. The number of nitrogens with zero attached hydrogens (tertiary/aromatic N) is 2. The molecule has 1 aromatic heterocycles. The Bertz CT molecular complexity index is 374. The number of nitrogens with one attached hydrogen (secondary N) is 2. The first-order chi connectivity index (χ1) is 8.78. The van der Waals surface area contributed by atoms with Crippen LogP contribution in [0.4, 0.5) is 0 Å². The van der Waals surface area contributed by atoms with E-state index in [0.29, 0.717) is 0 Å². The molecule has 18 heavy (non-hydrogen) atoms. The summed E-state index contributed by atoms with van der Waals surface area (Å²) in [5.74, 6) is 1.65. The van der Waals surface area contributed by atoms with Crippen molar-refractivity contribution in [1.82, 2.24) is 15.5 Å². The largest absolute Gasteiger partial charge is 0.356 e. The van der Waals surface area contributed by atoms with Gasteiger partial charge in [0.05, 0.1) is 6.54 Å². The lowest BCUT2D eigenvalue weighted by Crippen LogP contribution is -2.39. The molecule has 0 amide bonds.